The Kier molecular flexibility index (Phi) is 8.74. The van der Waals surface area contributed by atoms with Crippen LogP contribution < -0.4 is 9.62 Å². The summed E-state index contributed by atoms with van der Waals surface area (Å²) in [5.41, 5.74) is 0.297. The maximum Gasteiger partial charge on any atom is 0.338 e. The number of nitrogens with zero attached hydrogens (tertiary/aromatic N) is 2. The van der Waals surface area contributed by atoms with Crippen molar-refractivity contribution in [3.63, 3.8) is 0 Å². The fourth-order valence-corrected chi connectivity index (χ4v) is 4.64. The van der Waals surface area contributed by atoms with Crippen LogP contribution in [0.15, 0.2) is 83.8 Å². The van der Waals surface area contributed by atoms with Gasteiger partial charge in [0.25, 0.3) is 15.7 Å². The Morgan fingerprint density at radius 3 is 2.33 bits per heavy atom. The van der Waals surface area contributed by atoms with Crippen molar-refractivity contribution in [2.75, 3.05) is 22.8 Å². The highest BCUT2D eigenvalue weighted by Gasteiger charge is 2.28. The smallest absolute Gasteiger partial charge is 0.338 e. The van der Waals surface area contributed by atoms with Crippen LogP contribution >= 0.6 is 0 Å². The number of benzene rings is 3. The molecule has 0 aliphatic rings. The molecule has 1 N–H and O–H groups in total. The van der Waals surface area contributed by atoms with Crippen molar-refractivity contribution in [1.82, 2.24) is 0 Å². The van der Waals surface area contributed by atoms with E-state index in [1.807, 2.05) is 6.92 Å². The second-order valence-corrected chi connectivity index (χ2v) is 9.58. The molecule has 0 aliphatic carbocycles. The van der Waals surface area contributed by atoms with Crippen LogP contribution in [0.2, 0.25) is 0 Å². The molecule has 0 unspecified atom stereocenters. The minimum Gasteiger partial charge on any atom is -0.462 e. The summed E-state index contributed by atoms with van der Waals surface area (Å²) >= 11 is 0. The van der Waals surface area contributed by atoms with Crippen molar-refractivity contribution in [2.45, 2.75) is 24.7 Å². The van der Waals surface area contributed by atoms with Gasteiger partial charge in [-0.3, -0.25) is 19.2 Å². The number of nitro groups is 1. The number of carbonyl (C=O) groups is 2. The Hall–Kier alpha value is -4.25. The maximum absolute atomic E-state index is 13.4. The van der Waals surface area contributed by atoms with Crippen LogP contribution in [0.3, 0.4) is 0 Å². The number of nitro benzene ring substituents is 1. The largest absolute Gasteiger partial charge is 0.462 e. The van der Waals surface area contributed by atoms with Crippen LogP contribution in [0.5, 0.6) is 0 Å². The molecule has 0 aliphatic heterocycles. The van der Waals surface area contributed by atoms with Crippen molar-refractivity contribution in [3.8, 4) is 0 Å². The fraction of sp³-hybridized carbons (Fsp3) is 0.200. The van der Waals surface area contributed by atoms with Gasteiger partial charge in [-0.15, -0.1) is 0 Å². The molecule has 0 saturated carbocycles. The van der Waals surface area contributed by atoms with E-state index in [2.05, 4.69) is 5.32 Å². The van der Waals surface area contributed by atoms with Gasteiger partial charge in [0.2, 0.25) is 5.91 Å². The molecule has 10 nitrogen and oxygen atoms in total. The average molecular weight is 512 g/mol. The lowest BCUT2D eigenvalue weighted by molar-refractivity contribution is -0.384. The predicted octanol–water partition coefficient (Wildman–Crippen LogP) is 4.39. The van der Waals surface area contributed by atoms with E-state index in [0.717, 1.165) is 23.2 Å². The zero-order valence-corrected chi connectivity index (χ0v) is 20.3. The zero-order chi connectivity index (χ0) is 26.1. The average Bonchev–Trinajstić information content (AvgIpc) is 2.88. The highest BCUT2D eigenvalue weighted by Crippen LogP contribution is 2.27. The molecule has 0 aromatic heterocycles. The van der Waals surface area contributed by atoms with Crippen molar-refractivity contribution >= 4 is 39.0 Å². The number of carbonyl (C=O) groups excluding carboxylic acids is 2. The first-order valence-electron chi connectivity index (χ1n) is 11.1. The summed E-state index contributed by atoms with van der Waals surface area (Å²) in [5.74, 6) is -1.16. The number of anilines is 2. The number of nitrogens with one attached hydrogen (secondary N) is 1. The van der Waals surface area contributed by atoms with Crippen LogP contribution in [0.4, 0.5) is 17.1 Å². The first-order chi connectivity index (χ1) is 17.2. The minimum atomic E-state index is -4.22. The van der Waals surface area contributed by atoms with Gasteiger partial charge in [0, 0.05) is 17.8 Å². The minimum absolute atomic E-state index is 0.0339. The van der Waals surface area contributed by atoms with Crippen molar-refractivity contribution < 1.29 is 27.7 Å². The quantitative estimate of drug-likeness (QED) is 0.175. The van der Waals surface area contributed by atoms with E-state index in [1.165, 1.54) is 66.7 Å². The Bertz CT molecular complexity index is 1330. The van der Waals surface area contributed by atoms with E-state index < -0.39 is 33.4 Å². The Morgan fingerprint density at radius 2 is 1.69 bits per heavy atom. The number of hydrogen-bond donors (Lipinski definition) is 1. The van der Waals surface area contributed by atoms with Gasteiger partial charge >= 0.3 is 5.97 Å². The SMILES string of the molecule is CCCCOC(=O)c1ccc(NC(=O)CN(c2cccc([N+](=O)[O-])c2)S(=O)(=O)c2ccccc2)cc1. The maximum atomic E-state index is 13.4. The highest BCUT2D eigenvalue weighted by molar-refractivity contribution is 7.92. The number of sulfonamides is 1. The highest BCUT2D eigenvalue weighted by atomic mass is 32.2. The summed E-state index contributed by atoms with van der Waals surface area (Å²) in [5, 5.41) is 13.8. The van der Waals surface area contributed by atoms with Gasteiger partial charge in [-0.1, -0.05) is 37.6 Å². The number of hydrogen-bond acceptors (Lipinski definition) is 7. The predicted molar refractivity (Wildman–Crippen MR) is 134 cm³/mol. The Labute approximate surface area is 208 Å². The summed E-state index contributed by atoms with van der Waals surface area (Å²) in [6.07, 6.45) is 1.65. The standard InChI is InChI=1S/C25H25N3O7S/c1-2-3-16-35-25(30)19-12-14-20(15-13-19)26-24(29)18-27(21-8-7-9-22(17-21)28(31)32)36(33,34)23-10-5-4-6-11-23/h4-15,17H,2-3,16,18H2,1H3,(H,26,29). The van der Waals surface area contributed by atoms with Gasteiger partial charge in [0.1, 0.15) is 6.54 Å². The molecule has 0 fully saturated rings. The fourth-order valence-electron chi connectivity index (χ4n) is 3.21. The van der Waals surface area contributed by atoms with Gasteiger partial charge < -0.3 is 10.1 Å². The van der Waals surface area contributed by atoms with Gasteiger partial charge in [-0.2, -0.15) is 0 Å². The van der Waals surface area contributed by atoms with E-state index in [4.69, 9.17) is 4.74 Å². The Morgan fingerprint density at radius 1 is 1.00 bits per heavy atom. The van der Waals surface area contributed by atoms with E-state index in [9.17, 15) is 28.1 Å². The second kappa shape index (κ2) is 11.9. The molecular formula is C25H25N3O7S. The zero-order valence-electron chi connectivity index (χ0n) is 19.5. The van der Waals surface area contributed by atoms with Gasteiger partial charge in [0.15, 0.2) is 0 Å². The third kappa shape index (κ3) is 6.66. The molecule has 0 spiro atoms. The van der Waals surface area contributed by atoms with Crippen molar-refractivity contribution in [2.24, 2.45) is 0 Å². The number of esters is 1. The molecular weight excluding hydrogens is 486 g/mol. The van der Waals surface area contributed by atoms with Crippen molar-refractivity contribution in [3.05, 3.63) is 94.5 Å². The summed E-state index contributed by atoms with van der Waals surface area (Å²) < 4.78 is 32.7. The first-order valence-corrected chi connectivity index (χ1v) is 12.6. The number of amides is 1. The van der Waals surface area contributed by atoms with E-state index >= 15 is 0 Å². The molecule has 0 radical (unpaired) electrons. The molecule has 0 saturated heterocycles. The normalized spacial score (nSPS) is 10.9. The molecule has 11 heteroatoms. The first kappa shape index (κ1) is 26.4. The van der Waals surface area contributed by atoms with E-state index in [1.54, 1.807) is 6.07 Å². The molecule has 188 valence electrons. The number of unbranched alkanes of at least 4 members (excludes halogenated alkanes) is 1. The van der Waals surface area contributed by atoms with Crippen molar-refractivity contribution in [1.29, 1.82) is 0 Å². The van der Waals surface area contributed by atoms with Gasteiger partial charge in [-0.05, 0) is 48.9 Å². The lowest BCUT2D eigenvalue weighted by atomic mass is 10.2. The lowest BCUT2D eigenvalue weighted by Gasteiger charge is -2.24. The molecule has 36 heavy (non-hydrogen) atoms. The van der Waals surface area contributed by atoms with E-state index in [-0.39, 0.29) is 16.3 Å². The number of rotatable bonds is 11. The molecule has 3 aromatic rings. The molecule has 0 bridgehead atoms. The van der Waals surface area contributed by atoms with Crippen LogP contribution in [0.1, 0.15) is 30.1 Å². The van der Waals surface area contributed by atoms with Crippen LogP contribution in [0.25, 0.3) is 0 Å². The van der Waals surface area contributed by atoms with Crippen LogP contribution in [-0.2, 0) is 19.6 Å². The number of non-ortho nitro benzene ring substituents is 1. The van der Waals surface area contributed by atoms with Gasteiger partial charge in [-0.25, -0.2) is 13.2 Å². The summed E-state index contributed by atoms with van der Waals surface area (Å²) in [7, 11) is -4.22. The summed E-state index contributed by atoms with van der Waals surface area (Å²) in [6, 6.07) is 18.5. The number of ether oxygens (including phenoxy) is 1. The molecule has 0 heterocycles. The second-order valence-electron chi connectivity index (χ2n) is 7.72. The monoisotopic (exact) mass is 511 g/mol. The third-order valence-electron chi connectivity index (χ3n) is 5.08. The molecule has 1 amide bonds. The lowest BCUT2D eigenvalue weighted by Crippen LogP contribution is -2.38. The summed E-state index contributed by atoms with van der Waals surface area (Å²) in [6.45, 7) is 1.66. The van der Waals surface area contributed by atoms with E-state index in [0.29, 0.717) is 17.9 Å². The Balaban J connectivity index is 1.82. The topological polar surface area (TPSA) is 136 Å². The summed E-state index contributed by atoms with van der Waals surface area (Å²) in [4.78, 5) is 35.4. The third-order valence-corrected chi connectivity index (χ3v) is 6.87. The van der Waals surface area contributed by atoms with Crippen LogP contribution in [-0.4, -0.2) is 38.4 Å². The molecule has 3 rings (SSSR count). The van der Waals surface area contributed by atoms with Crippen LogP contribution in [0, 0.1) is 10.1 Å². The molecule has 3 aromatic carbocycles. The molecule has 0 atom stereocenters. The van der Waals surface area contributed by atoms with Gasteiger partial charge in [0.05, 0.1) is 27.7 Å².